The van der Waals surface area contributed by atoms with Gasteiger partial charge in [0, 0.05) is 11.3 Å². The minimum absolute atomic E-state index is 0.0164. The van der Waals surface area contributed by atoms with Gasteiger partial charge in [-0.15, -0.1) is 0 Å². The molecule has 162 valence electrons. The van der Waals surface area contributed by atoms with Crippen LogP contribution in [0.1, 0.15) is 38.8 Å². The molecule has 6 heteroatoms. The average molecular weight is 421 g/mol. The third-order valence-corrected chi connectivity index (χ3v) is 5.96. The number of nitrogens with one attached hydrogen (secondary N) is 1. The molecule has 0 saturated heterocycles. The second-order valence-electron chi connectivity index (χ2n) is 8.51. The number of ketones is 1. The summed E-state index contributed by atoms with van der Waals surface area (Å²) in [4.78, 5) is 31.1. The Kier molecular flexibility index (Phi) is 5.81. The number of hydrogen-bond acceptors (Lipinski definition) is 6. The maximum atomic E-state index is 13.7. The lowest BCUT2D eigenvalue weighted by atomic mass is 9.69. The highest BCUT2D eigenvalue weighted by atomic mass is 16.5. The lowest BCUT2D eigenvalue weighted by Crippen LogP contribution is -2.47. The van der Waals surface area contributed by atoms with Crippen LogP contribution in [0.25, 0.3) is 0 Å². The first-order valence-electron chi connectivity index (χ1n) is 10.7. The highest BCUT2D eigenvalue weighted by Gasteiger charge is 2.49. The van der Waals surface area contributed by atoms with E-state index in [9.17, 15) is 9.59 Å². The molecule has 4 atom stereocenters. The number of Topliss-reactive ketones (excluding diaryl/α,β-unsaturated/α-hetero) is 1. The first-order chi connectivity index (χ1) is 14.9. The van der Waals surface area contributed by atoms with Crippen molar-refractivity contribution in [1.82, 2.24) is 0 Å². The molecule has 2 aromatic carbocycles. The first-order valence-corrected chi connectivity index (χ1v) is 10.7. The molecule has 0 aromatic heterocycles. The van der Waals surface area contributed by atoms with Gasteiger partial charge in [0.2, 0.25) is 0 Å². The summed E-state index contributed by atoms with van der Waals surface area (Å²) in [7, 11) is 1.33. The van der Waals surface area contributed by atoms with Crippen molar-refractivity contribution >= 4 is 28.8 Å². The van der Waals surface area contributed by atoms with Gasteiger partial charge in [0.15, 0.2) is 5.78 Å². The van der Waals surface area contributed by atoms with Crippen molar-refractivity contribution in [2.24, 2.45) is 22.7 Å². The molecule has 4 rings (SSSR count). The molecule has 2 aliphatic rings. The number of benzene rings is 2. The third-order valence-electron chi connectivity index (χ3n) is 5.96. The van der Waals surface area contributed by atoms with Gasteiger partial charge in [-0.05, 0) is 44.4 Å². The SMILES string of the molecule is COC(=O)C1C(=O)C2C(=Nc3ccccc3NC2c2ccccc2OC(C)C)CC1C. The van der Waals surface area contributed by atoms with Crippen LogP contribution in [0.5, 0.6) is 5.75 Å². The number of rotatable bonds is 4. The Hall–Kier alpha value is -3.15. The lowest BCUT2D eigenvalue weighted by molar-refractivity contribution is -0.152. The molecule has 1 fully saturated rings. The molecule has 4 unspecified atom stereocenters. The fraction of sp³-hybridized carbons (Fsp3) is 0.400. The number of anilines is 1. The number of carbonyl (C=O) groups excluding carboxylic acids is 2. The maximum Gasteiger partial charge on any atom is 0.316 e. The maximum absolute atomic E-state index is 13.7. The molecule has 0 spiro atoms. The summed E-state index contributed by atoms with van der Waals surface area (Å²) in [6, 6.07) is 15.1. The number of nitrogens with zero attached hydrogens (tertiary/aromatic N) is 1. The third kappa shape index (κ3) is 3.94. The second-order valence-corrected chi connectivity index (χ2v) is 8.51. The number of hydrogen-bond donors (Lipinski definition) is 1. The van der Waals surface area contributed by atoms with E-state index in [1.165, 1.54) is 7.11 Å². The van der Waals surface area contributed by atoms with Gasteiger partial charge in [-0.3, -0.25) is 14.6 Å². The predicted octanol–water partition coefficient (Wildman–Crippen LogP) is 4.73. The van der Waals surface area contributed by atoms with Crippen LogP contribution in [0.3, 0.4) is 0 Å². The zero-order valence-electron chi connectivity index (χ0n) is 18.3. The van der Waals surface area contributed by atoms with Crippen LogP contribution in [-0.2, 0) is 14.3 Å². The molecule has 1 saturated carbocycles. The minimum Gasteiger partial charge on any atom is -0.491 e. The van der Waals surface area contributed by atoms with Crippen molar-refractivity contribution in [3.8, 4) is 5.75 Å². The van der Waals surface area contributed by atoms with Crippen LogP contribution in [-0.4, -0.2) is 30.7 Å². The van der Waals surface area contributed by atoms with Crippen molar-refractivity contribution in [1.29, 1.82) is 0 Å². The van der Waals surface area contributed by atoms with Gasteiger partial charge in [-0.1, -0.05) is 37.3 Å². The molecule has 0 amide bonds. The van der Waals surface area contributed by atoms with E-state index in [0.717, 1.165) is 28.4 Å². The Morgan fingerprint density at radius 2 is 1.84 bits per heavy atom. The van der Waals surface area contributed by atoms with Gasteiger partial charge in [0.1, 0.15) is 11.7 Å². The van der Waals surface area contributed by atoms with E-state index in [1.54, 1.807) is 0 Å². The summed E-state index contributed by atoms with van der Waals surface area (Å²) in [6.45, 7) is 5.85. The molecule has 31 heavy (non-hydrogen) atoms. The highest BCUT2D eigenvalue weighted by Crippen LogP contribution is 2.45. The molecular weight excluding hydrogens is 392 g/mol. The van der Waals surface area contributed by atoms with Crippen LogP contribution in [0.4, 0.5) is 11.4 Å². The zero-order chi connectivity index (χ0) is 22.1. The van der Waals surface area contributed by atoms with E-state index in [-0.39, 0.29) is 17.8 Å². The van der Waals surface area contributed by atoms with Crippen LogP contribution in [0.15, 0.2) is 53.5 Å². The fourth-order valence-electron chi connectivity index (χ4n) is 4.61. The standard InChI is InChI=1S/C25H28N2O4/c1-14(2)31-20-12-8-5-9-16(20)23-22-19(26-17-10-6-7-11-18(17)27-23)13-15(3)21(24(22)28)25(29)30-4/h5-12,14-15,21-23,27H,13H2,1-4H3. The Morgan fingerprint density at radius 1 is 1.13 bits per heavy atom. The molecule has 1 aliphatic heterocycles. The molecule has 0 bridgehead atoms. The minimum atomic E-state index is -0.808. The monoisotopic (exact) mass is 420 g/mol. The van der Waals surface area contributed by atoms with Crippen molar-refractivity contribution in [3.63, 3.8) is 0 Å². The van der Waals surface area contributed by atoms with Gasteiger partial charge in [0.05, 0.1) is 36.5 Å². The van der Waals surface area contributed by atoms with Gasteiger partial charge >= 0.3 is 5.97 Å². The van der Waals surface area contributed by atoms with E-state index in [1.807, 2.05) is 69.3 Å². The summed E-state index contributed by atoms with van der Waals surface area (Å²) in [5.41, 5.74) is 3.31. The average Bonchev–Trinajstić information content (AvgIpc) is 2.90. The van der Waals surface area contributed by atoms with Gasteiger partial charge in [-0.25, -0.2) is 0 Å². The van der Waals surface area contributed by atoms with Gasteiger partial charge in [0.25, 0.3) is 0 Å². The van der Waals surface area contributed by atoms with E-state index < -0.39 is 23.8 Å². The smallest absolute Gasteiger partial charge is 0.316 e. The van der Waals surface area contributed by atoms with Crippen molar-refractivity contribution in [3.05, 3.63) is 54.1 Å². The Balaban J connectivity index is 1.87. The number of aliphatic imine (C=N–C) groups is 1. The van der Waals surface area contributed by atoms with E-state index >= 15 is 0 Å². The molecule has 6 nitrogen and oxygen atoms in total. The van der Waals surface area contributed by atoms with Crippen LogP contribution in [0.2, 0.25) is 0 Å². The van der Waals surface area contributed by atoms with E-state index in [2.05, 4.69) is 5.32 Å². The molecular formula is C25H28N2O4. The number of methoxy groups -OCH3 is 1. The van der Waals surface area contributed by atoms with Crippen molar-refractivity contribution in [2.75, 3.05) is 12.4 Å². The molecule has 0 radical (unpaired) electrons. The number of carbonyl (C=O) groups is 2. The summed E-state index contributed by atoms with van der Waals surface area (Å²) in [5.74, 6) is -1.50. The van der Waals surface area contributed by atoms with Crippen molar-refractivity contribution in [2.45, 2.75) is 39.3 Å². The fourth-order valence-corrected chi connectivity index (χ4v) is 4.61. The number of esters is 1. The second kappa shape index (κ2) is 8.53. The Bertz CT molecular complexity index is 1030. The number of ether oxygens (including phenoxy) is 2. The van der Waals surface area contributed by atoms with Crippen molar-refractivity contribution < 1.29 is 19.1 Å². The topological polar surface area (TPSA) is 77.0 Å². The molecule has 1 N–H and O–H groups in total. The highest BCUT2D eigenvalue weighted by molar-refractivity contribution is 6.16. The van der Waals surface area contributed by atoms with Crippen LogP contribution >= 0.6 is 0 Å². The largest absolute Gasteiger partial charge is 0.491 e. The summed E-state index contributed by atoms with van der Waals surface area (Å²) in [5, 5.41) is 3.54. The molecule has 1 heterocycles. The first kappa shape index (κ1) is 21.1. The molecule has 2 aromatic rings. The Morgan fingerprint density at radius 3 is 2.58 bits per heavy atom. The van der Waals surface area contributed by atoms with Crippen LogP contribution < -0.4 is 10.1 Å². The van der Waals surface area contributed by atoms with Gasteiger partial charge in [-0.2, -0.15) is 0 Å². The van der Waals surface area contributed by atoms with E-state index in [4.69, 9.17) is 14.5 Å². The quantitative estimate of drug-likeness (QED) is 0.572. The lowest BCUT2D eigenvalue weighted by Gasteiger charge is -2.36. The van der Waals surface area contributed by atoms with Crippen LogP contribution in [0, 0.1) is 17.8 Å². The van der Waals surface area contributed by atoms with E-state index in [0.29, 0.717) is 6.42 Å². The zero-order valence-corrected chi connectivity index (χ0v) is 18.3. The predicted molar refractivity (Wildman–Crippen MR) is 120 cm³/mol. The summed E-state index contributed by atoms with van der Waals surface area (Å²) in [6.07, 6.45) is 0.535. The molecule has 1 aliphatic carbocycles. The van der Waals surface area contributed by atoms with Gasteiger partial charge < -0.3 is 14.8 Å². The Labute approximate surface area is 182 Å². The summed E-state index contributed by atoms with van der Waals surface area (Å²) >= 11 is 0. The number of para-hydroxylation sites is 3. The summed E-state index contributed by atoms with van der Waals surface area (Å²) < 4.78 is 11.1. The normalized spacial score (nSPS) is 24.9. The number of fused-ring (bicyclic) bond motifs is 2.